The van der Waals surface area contributed by atoms with Crippen LogP contribution < -0.4 is 10.2 Å². The van der Waals surface area contributed by atoms with Gasteiger partial charge in [-0.3, -0.25) is 19.3 Å². The van der Waals surface area contributed by atoms with E-state index in [1.807, 2.05) is 32.0 Å². The van der Waals surface area contributed by atoms with E-state index < -0.39 is 17.1 Å². The highest BCUT2D eigenvalue weighted by atomic mass is 32.2. The molecule has 1 atom stereocenters. The Morgan fingerprint density at radius 2 is 1.89 bits per heavy atom. The Kier molecular flexibility index (Phi) is 6.82. The fraction of sp³-hybridized carbons (Fsp3) is 0.393. The summed E-state index contributed by atoms with van der Waals surface area (Å²) < 4.78 is 0. The molecule has 1 unspecified atom stereocenters. The normalized spacial score (nSPS) is 20.4. The molecule has 2 heterocycles. The van der Waals surface area contributed by atoms with Crippen molar-refractivity contribution in [2.24, 2.45) is 0 Å². The van der Waals surface area contributed by atoms with Crippen LogP contribution in [0, 0.1) is 13.8 Å². The Balaban J connectivity index is 1.56. The van der Waals surface area contributed by atoms with Gasteiger partial charge in [-0.25, -0.2) is 0 Å². The van der Waals surface area contributed by atoms with Crippen LogP contribution in [0.25, 0.3) is 6.08 Å². The number of rotatable bonds is 5. The van der Waals surface area contributed by atoms with E-state index in [0.717, 1.165) is 46.3 Å². The molecule has 2 aliphatic rings. The molecule has 0 radical (unpaired) electrons. The van der Waals surface area contributed by atoms with Gasteiger partial charge >= 0.3 is 0 Å². The lowest BCUT2D eigenvalue weighted by atomic mass is 9.79. The number of anilines is 2. The number of nitrogens with one attached hydrogen (secondary N) is 1. The van der Waals surface area contributed by atoms with Gasteiger partial charge in [0.05, 0.1) is 4.91 Å². The minimum Gasteiger partial charge on any atom is -0.366 e. The van der Waals surface area contributed by atoms with E-state index in [1.165, 1.54) is 11.3 Å². The summed E-state index contributed by atoms with van der Waals surface area (Å²) >= 11 is 0.888. The highest BCUT2D eigenvalue weighted by Crippen LogP contribution is 2.45. The van der Waals surface area contributed by atoms with E-state index in [-0.39, 0.29) is 12.1 Å². The summed E-state index contributed by atoms with van der Waals surface area (Å²) in [5.41, 5.74) is 6.15. The van der Waals surface area contributed by atoms with Gasteiger partial charge in [-0.05, 0) is 105 Å². The molecule has 1 fully saturated rings. The maximum absolute atomic E-state index is 13.1. The third-order valence-corrected chi connectivity index (χ3v) is 7.88. The predicted molar refractivity (Wildman–Crippen MR) is 144 cm³/mol. The van der Waals surface area contributed by atoms with Gasteiger partial charge in [0, 0.05) is 23.5 Å². The largest absolute Gasteiger partial charge is 0.366 e. The molecule has 0 spiro atoms. The summed E-state index contributed by atoms with van der Waals surface area (Å²) in [5, 5.41) is 2.36. The first-order chi connectivity index (χ1) is 16.5. The number of hydrogen-bond donors (Lipinski definition) is 1. The molecule has 2 aromatic carbocycles. The zero-order valence-electron chi connectivity index (χ0n) is 21.3. The average Bonchev–Trinajstić information content (AvgIpc) is 3.03. The van der Waals surface area contributed by atoms with E-state index >= 15 is 0 Å². The summed E-state index contributed by atoms with van der Waals surface area (Å²) in [5.74, 6) is -0.443. The SMILES string of the molecule is CCN1c2cc(C)c(/C=C3\SC(=O)N(CC(=O)Nc4ccccc4C)C3=O)cc2C(C)CC1(C)C. The van der Waals surface area contributed by atoms with E-state index in [1.54, 1.807) is 12.1 Å². The molecular weight excluding hydrogens is 458 g/mol. The average molecular weight is 492 g/mol. The van der Waals surface area contributed by atoms with E-state index in [9.17, 15) is 14.4 Å². The van der Waals surface area contributed by atoms with Crippen LogP contribution in [-0.2, 0) is 9.59 Å². The molecule has 4 rings (SSSR count). The number of para-hydroxylation sites is 1. The van der Waals surface area contributed by atoms with Crippen molar-refractivity contribution >= 4 is 46.3 Å². The van der Waals surface area contributed by atoms with Crippen molar-refractivity contribution in [3.05, 3.63) is 63.6 Å². The van der Waals surface area contributed by atoms with Crippen molar-refractivity contribution in [1.82, 2.24) is 4.90 Å². The van der Waals surface area contributed by atoms with Gasteiger partial charge in [0.25, 0.3) is 11.1 Å². The molecule has 0 aromatic heterocycles. The molecule has 2 aromatic rings. The molecule has 1 N–H and O–H groups in total. The molecule has 184 valence electrons. The van der Waals surface area contributed by atoms with Crippen molar-refractivity contribution in [2.45, 2.75) is 59.4 Å². The second kappa shape index (κ2) is 9.53. The lowest BCUT2D eigenvalue weighted by Crippen LogP contribution is -2.48. The highest BCUT2D eigenvalue weighted by Gasteiger charge is 2.38. The number of hydrogen-bond acceptors (Lipinski definition) is 5. The first-order valence-electron chi connectivity index (χ1n) is 12.0. The quantitative estimate of drug-likeness (QED) is 0.513. The van der Waals surface area contributed by atoms with Crippen molar-refractivity contribution in [3.63, 3.8) is 0 Å². The third-order valence-electron chi connectivity index (χ3n) is 6.97. The van der Waals surface area contributed by atoms with E-state index in [4.69, 9.17) is 0 Å². The summed E-state index contributed by atoms with van der Waals surface area (Å²) in [6.07, 6.45) is 2.84. The summed E-state index contributed by atoms with van der Waals surface area (Å²) in [4.78, 5) is 42.0. The first kappa shape index (κ1) is 25.0. The zero-order chi connectivity index (χ0) is 25.5. The van der Waals surface area contributed by atoms with E-state index in [2.05, 4.69) is 50.0 Å². The predicted octanol–water partition coefficient (Wildman–Crippen LogP) is 6.09. The fourth-order valence-corrected chi connectivity index (χ4v) is 6.06. The summed E-state index contributed by atoms with van der Waals surface area (Å²) in [6.45, 7) is 13.5. The number of thioether (sulfide) groups is 1. The molecule has 0 saturated carbocycles. The van der Waals surface area contributed by atoms with Gasteiger partial charge in [-0.15, -0.1) is 0 Å². The van der Waals surface area contributed by atoms with Gasteiger partial charge in [0.15, 0.2) is 0 Å². The number of nitrogens with zero attached hydrogens (tertiary/aromatic N) is 2. The number of fused-ring (bicyclic) bond motifs is 1. The zero-order valence-corrected chi connectivity index (χ0v) is 22.1. The van der Waals surface area contributed by atoms with Crippen LogP contribution in [0.3, 0.4) is 0 Å². The number of carbonyl (C=O) groups is 3. The molecule has 35 heavy (non-hydrogen) atoms. The van der Waals surface area contributed by atoms with Gasteiger partial charge in [-0.1, -0.05) is 25.1 Å². The topological polar surface area (TPSA) is 69.7 Å². The molecule has 7 heteroatoms. The van der Waals surface area contributed by atoms with Crippen LogP contribution in [0.2, 0.25) is 0 Å². The second-order valence-electron chi connectivity index (χ2n) is 10.1. The number of benzene rings is 2. The number of imide groups is 1. The standard InChI is InChI=1S/C28H33N3O3S/c1-7-31-23-12-18(3)20(13-21(23)19(4)15-28(31,5)6)14-24-26(33)30(27(34)35-24)16-25(32)29-22-11-9-8-10-17(22)2/h8-14,19H,7,15-16H2,1-6H3,(H,29,32)/b24-14-. The Morgan fingerprint density at radius 3 is 2.57 bits per heavy atom. The molecule has 2 aliphatic heterocycles. The highest BCUT2D eigenvalue weighted by molar-refractivity contribution is 8.18. The number of amides is 3. The van der Waals surface area contributed by atoms with Gasteiger partial charge in [-0.2, -0.15) is 0 Å². The van der Waals surface area contributed by atoms with Crippen LogP contribution in [0.1, 0.15) is 62.3 Å². The van der Waals surface area contributed by atoms with Crippen molar-refractivity contribution < 1.29 is 14.4 Å². The Labute approximate surface area is 211 Å². The number of carbonyl (C=O) groups excluding carboxylic acids is 3. The van der Waals surface area contributed by atoms with Crippen LogP contribution in [-0.4, -0.2) is 40.6 Å². The minimum atomic E-state index is -0.429. The molecule has 6 nitrogen and oxygen atoms in total. The first-order valence-corrected chi connectivity index (χ1v) is 12.9. The minimum absolute atomic E-state index is 0.0800. The lowest BCUT2D eigenvalue weighted by molar-refractivity contribution is -0.127. The van der Waals surface area contributed by atoms with Crippen LogP contribution in [0.15, 0.2) is 41.3 Å². The van der Waals surface area contributed by atoms with E-state index in [0.29, 0.717) is 16.5 Å². The van der Waals surface area contributed by atoms with Crippen molar-refractivity contribution in [3.8, 4) is 0 Å². The van der Waals surface area contributed by atoms with Crippen molar-refractivity contribution in [1.29, 1.82) is 0 Å². The van der Waals surface area contributed by atoms with Crippen molar-refractivity contribution in [2.75, 3.05) is 23.3 Å². The Hall–Kier alpha value is -3.06. The monoisotopic (exact) mass is 491 g/mol. The Bertz CT molecular complexity index is 1230. The Morgan fingerprint density at radius 1 is 1.17 bits per heavy atom. The summed E-state index contributed by atoms with van der Waals surface area (Å²) in [6, 6.07) is 11.8. The van der Waals surface area contributed by atoms with Gasteiger partial charge in [0.1, 0.15) is 6.54 Å². The lowest BCUT2D eigenvalue weighted by Gasteiger charge is -2.47. The third kappa shape index (κ3) is 4.87. The molecule has 3 amide bonds. The van der Waals surface area contributed by atoms with Gasteiger partial charge in [0.2, 0.25) is 5.91 Å². The maximum atomic E-state index is 13.1. The molecule has 0 aliphatic carbocycles. The second-order valence-corrected chi connectivity index (χ2v) is 11.1. The van der Waals surface area contributed by atoms with Gasteiger partial charge < -0.3 is 10.2 Å². The molecule has 0 bridgehead atoms. The summed E-state index contributed by atoms with van der Waals surface area (Å²) in [7, 11) is 0. The van der Waals surface area contributed by atoms with Crippen LogP contribution in [0.4, 0.5) is 16.2 Å². The molecular formula is C28H33N3O3S. The maximum Gasteiger partial charge on any atom is 0.294 e. The van der Waals surface area contributed by atoms with Crippen LogP contribution in [0.5, 0.6) is 0 Å². The number of aryl methyl sites for hydroxylation is 2. The smallest absolute Gasteiger partial charge is 0.294 e. The fourth-order valence-electron chi connectivity index (χ4n) is 5.23. The van der Waals surface area contributed by atoms with Crippen LogP contribution >= 0.6 is 11.8 Å². The molecule has 1 saturated heterocycles.